The van der Waals surface area contributed by atoms with E-state index in [1.807, 2.05) is 5.38 Å². The number of amides is 1. The molecule has 0 radical (unpaired) electrons. The molecular weight excluding hydrogens is 262 g/mol. The lowest BCUT2D eigenvalue weighted by Crippen LogP contribution is -2.49. The Labute approximate surface area is 117 Å². The number of aryl methyl sites for hydroxylation is 1. The largest absolute Gasteiger partial charge is 0.381 e. The summed E-state index contributed by atoms with van der Waals surface area (Å²) in [6.07, 6.45) is 2.34. The smallest absolute Gasteiger partial charge is 0.227 e. The predicted molar refractivity (Wildman–Crippen MR) is 74.9 cm³/mol. The van der Waals surface area contributed by atoms with Gasteiger partial charge in [0.05, 0.1) is 22.7 Å². The number of hydrogen-bond donors (Lipinski definition) is 2. The molecular formula is C13H21N3O2S. The van der Waals surface area contributed by atoms with Crippen LogP contribution in [0.25, 0.3) is 0 Å². The Hall–Kier alpha value is -0.980. The van der Waals surface area contributed by atoms with Crippen molar-refractivity contribution in [1.82, 2.24) is 10.3 Å². The molecule has 0 saturated carbocycles. The second kappa shape index (κ2) is 6.45. The molecule has 19 heavy (non-hydrogen) atoms. The maximum absolute atomic E-state index is 12.3. The van der Waals surface area contributed by atoms with Gasteiger partial charge in [-0.15, -0.1) is 11.3 Å². The zero-order valence-corrected chi connectivity index (χ0v) is 12.1. The molecule has 2 rings (SSSR count). The summed E-state index contributed by atoms with van der Waals surface area (Å²) in [7, 11) is 0. The van der Waals surface area contributed by atoms with E-state index in [1.54, 1.807) is 11.3 Å². The number of hydrogen-bond acceptors (Lipinski definition) is 5. The molecule has 3 N–H and O–H groups in total. The highest BCUT2D eigenvalue weighted by Crippen LogP contribution is 2.29. The number of rotatable bonds is 5. The third kappa shape index (κ3) is 3.32. The minimum absolute atomic E-state index is 0.0318. The molecule has 1 saturated heterocycles. The van der Waals surface area contributed by atoms with Crippen molar-refractivity contribution >= 4 is 17.2 Å². The van der Waals surface area contributed by atoms with E-state index in [0.29, 0.717) is 39.1 Å². The summed E-state index contributed by atoms with van der Waals surface area (Å²) in [5, 5.41) is 6.07. The number of carbonyl (C=O) groups excluding carboxylic acids is 1. The third-order valence-corrected chi connectivity index (χ3v) is 4.70. The number of ether oxygens (including phenoxy) is 1. The molecule has 5 nitrogen and oxygen atoms in total. The fraction of sp³-hybridized carbons (Fsp3) is 0.692. The Morgan fingerprint density at radius 2 is 2.32 bits per heavy atom. The van der Waals surface area contributed by atoms with Crippen molar-refractivity contribution in [3.63, 3.8) is 0 Å². The number of thiazole rings is 1. The Balaban J connectivity index is 1.92. The van der Waals surface area contributed by atoms with Gasteiger partial charge in [-0.25, -0.2) is 4.98 Å². The first-order valence-corrected chi connectivity index (χ1v) is 7.57. The highest BCUT2D eigenvalue weighted by Gasteiger charge is 2.38. The summed E-state index contributed by atoms with van der Waals surface area (Å²) < 4.78 is 5.31. The quantitative estimate of drug-likeness (QED) is 0.847. The molecule has 0 atom stereocenters. The van der Waals surface area contributed by atoms with Crippen LogP contribution in [0.4, 0.5) is 0 Å². The number of aromatic nitrogens is 1. The van der Waals surface area contributed by atoms with E-state index in [-0.39, 0.29) is 5.91 Å². The van der Waals surface area contributed by atoms with E-state index >= 15 is 0 Å². The van der Waals surface area contributed by atoms with Gasteiger partial charge in [-0.1, -0.05) is 6.92 Å². The number of nitrogens with one attached hydrogen (secondary N) is 1. The second-order valence-corrected chi connectivity index (χ2v) is 5.81. The minimum atomic E-state index is -0.456. The highest BCUT2D eigenvalue weighted by atomic mass is 32.1. The van der Waals surface area contributed by atoms with Crippen LogP contribution < -0.4 is 11.1 Å². The highest BCUT2D eigenvalue weighted by molar-refractivity contribution is 7.09. The maximum atomic E-state index is 12.3. The van der Waals surface area contributed by atoms with Gasteiger partial charge in [0.15, 0.2) is 0 Å². The van der Waals surface area contributed by atoms with Gasteiger partial charge in [-0.05, 0) is 19.3 Å². The standard InChI is InChI=1S/C13H21N3O2S/c1-2-11-16-10(8-19-11)7-15-12(17)13(9-14)3-5-18-6-4-13/h8H,2-7,9,14H2,1H3,(H,15,17). The molecule has 1 aromatic heterocycles. The van der Waals surface area contributed by atoms with Gasteiger partial charge in [0.25, 0.3) is 0 Å². The van der Waals surface area contributed by atoms with Crippen LogP contribution in [-0.2, 0) is 22.5 Å². The predicted octanol–water partition coefficient (Wildman–Crippen LogP) is 1.08. The van der Waals surface area contributed by atoms with Gasteiger partial charge in [0.1, 0.15) is 0 Å². The lowest BCUT2D eigenvalue weighted by Gasteiger charge is -2.34. The first-order chi connectivity index (χ1) is 9.20. The zero-order chi connectivity index (χ0) is 13.7. The Morgan fingerprint density at radius 1 is 1.58 bits per heavy atom. The molecule has 1 aromatic rings. The summed E-state index contributed by atoms with van der Waals surface area (Å²) in [5.74, 6) is 0.0318. The van der Waals surface area contributed by atoms with Crippen molar-refractivity contribution in [3.8, 4) is 0 Å². The average Bonchev–Trinajstić information content (AvgIpc) is 2.93. The molecule has 1 fully saturated rings. The molecule has 6 heteroatoms. The molecule has 0 bridgehead atoms. The van der Waals surface area contributed by atoms with E-state index in [1.165, 1.54) is 0 Å². The second-order valence-electron chi connectivity index (χ2n) is 4.87. The SMILES string of the molecule is CCc1nc(CNC(=O)C2(CN)CCOCC2)cs1. The van der Waals surface area contributed by atoms with Crippen molar-refractivity contribution in [2.24, 2.45) is 11.1 Å². The van der Waals surface area contributed by atoms with Gasteiger partial charge in [0, 0.05) is 25.1 Å². The van der Waals surface area contributed by atoms with Gasteiger partial charge >= 0.3 is 0 Å². The van der Waals surface area contributed by atoms with Crippen LogP contribution in [0.1, 0.15) is 30.5 Å². The van der Waals surface area contributed by atoms with Gasteiger partial charge < -0.3 is 15.8 Å². The van der Waals surface area contributed by atoms with Gasteiger partial charge in [-0.3, -0.25) is 4.79 Å². The van der Waals surface area contributed by atoms with Crippen LogP contribution in [0.3, 0.4) is 0 Å². The zero-order valence-electron chi connectivity index (χ0n) is 11.3. The molecule has 1 aliphatic rings. The fourth-order valence-electron chi connectivity index (χ4n) is 2.24. The van der Waals surface area contributed by atoms with Gasteiger partial charge in [0.2, 0.25) is 5.91 Å². The van der Waals surface area contributed by atoms with E-state index in [2.05, 4.69) is 17.2 Å². The Morgan fingerprint density at radius 3 is 2.89 bits per heavy atom. The molecule has 0 aromatic carbocycles. The van der Waals surface area contributed by atoms with Crippen LogP contribution in [0.2, 0.25) is 0 Å². The number of nitrogens with two attached hydrogens (primary N) is 1. The molecule has 0 unspecified atom stereocenters. The summed E-state index contributed by atoms with van der Waals surface area (Å²) in [6.45, 7) is 4.16. The summed E-state index contributed by atoms with van der Waals surface area (Å²) in [4.78, 5) is 16.8. The van der Waals surface area contributed by atoms with E-state index in [0.717, 1.165) is 17.1 Å². The van der Waals surface area contributed by atoms with Crippen molar-refractivity contribution in [1.29, 1.82) is 0 Å². The van der Waals surface area contributed by atoms with Crippen LogP contribution in [0.5, 0.6) is 0 Å². The topological polar surface area (TPSA) is 77.2 Å². The molecule has 1 aliphatic heterocycles. The lowest BCUT2D eigenvalue weighted by atomic mass is 9.79. The molecule has 0 aliphatic carbocycles. The van der Waals surface area contributed by atoms with Crippen molar-refractivity contribution in [2.75, 3.05) is 19.8 Å². The number of nitrogens with zero attached hydrogens (tertiary/aromatic N) is 1. The maximum Gasteiger partial charge on any atom is 0.227 e. The average molecular weight is 283 g/mol. The molecule has 0 spiro atoms. The van der Waals surface area contributed by atoms with Crippen molar-refractivity contribution < 1.29 is 9.53 Å². The third-order valence-electron chi connectivity index (χ3n) is 3.65. The first kappa shape index (κ1) is 14.4. The number of carbonyl (C=O) groups is 1. The fourth-order valence-corrected chi connectivity index (χ4v) is 2.98. The lowest BCUT2D eigenvalue weighted by molar-refractivity contribution is -0.136. The van der Waals surface area contributed by atoms with E-state index < -0.39 is 5.41 Å². The van der Waals surface area contributed by atoms with Crippen LogP contribution in [0, 0.1) is 5.41 Å². The molecule has 1 amide bonds. The van der Waals surface area contributed by atoms with Crippen LogP contribution in [-0.4, -0.2) is 30.6 Å². The van der Waals surface area contributed by atoms with Crippen molar-refractivity contribution in [3.05, 3.63) is 16.1 Å². The molecule has 2 heterocycles. The molecule has 106 valence electrons. The normalized spacial score (nSPS) is 18.2. The minimum Gasteiger partial charge on any atom is -0.381 e. The summed E-state index contributed by atoms with van der Waals surface area (Å²) in [6, 6.07) is 0. The first-order valence-electron chi connectivity index (χ1n) is 6.69. The summed E-state index contributed by atoms with van der Waals surface area (Å²) in [5.41, 5.74) is 6.27. The van der Waals surface area contributed by atoms with E-state index in [4.69, 9.17) is 10.5 Å². The van der Waals surface area contributed by atoms with E-state index in [9.17, 15) is 4.79 Å². The van der Waals surface area contributed by atoms with Gasteiger partial charge in [-0.2, -0.15) is 0 Å². The Bertz CT molecular complexity index is 427. The van der Waals surface area contributed by atoms with Crippen LogP contribution in [0.15, 0.2) is 5.38 Å². The van der Waals surface area contributed by atoms with Crippen LogP contribution >= 0.6 is 11.3 Å². The summed E-state index contributed by atoms with van der Waals surface area (Å²) >= 11 is 1.63. The van der Waals surface area contributed by atoms with Crippen molar-refractivity contribution in [2.45, 2.75) is 32.7 Å². The Kier molecular flexibility index (Phi) is 4.90. The monoisotopic (exact) mass is 283 g/mol.